The van der Waals surface area contributed by atoms with Crippen LogP contribution in [-0.4, -0.2) is 33.1 Å². The molecule has 0 spiro atoms. The Morgan fingerprint density at radius 2 is 1.50 bits per heavy atom. The zero-order valence-electron chi connectivity index (χ0n) is 13.4. The molecule has 0 aromatic heterocycles. The molecule has 0 N–H and O–H groups in total. The molecule has 114 valence electrons. The number of nitrogens with zero attached hydrogens (tertiary/aromatic N) is 4. The van der Waals surface area contributed by atoms with Crippen LogP contribution in [0.5, 0.6) is 0 Å². The van der Waals surface area contributed by atoms with Crippen molar-refractivity contribution in [2.45, 2.75) is 6.42 Å². The maximum atomic E-state index is 12.4. The monoisotopic (exact) mass is 296 g/mol. The Bertz CT molecular complexity index is 750. The van der Waals surface area contributed by atoms with Crippen molar-refractivity contribution in [3.63, 3.8) is 0 Å². The van der Waals surface area contributed by atoms with Gasteiger partial charge < -0.3 is 15.0 Å². The second-order valence-corrected chi connectivity index (χ2v) is 5.96. The van der Waals surface area contributed by atoms with Crippen molar-refractivity contribution < 1.29 is 4.86 Å². The molecule has 2 aromatic rings. The number of hydrogen-bond acceptors (Lipinski definition) is 4. The fraction of sp³-hybridized carbons (Fsp3) is 0.294. The summed E-state index contributed by atoms with van der Waals surface area (Å²) in [5.74, 6) is 0. The highest BCUT2D eigenvalue weighted by atomic mass is 16.5. The zero-order valence-corrected chi connectivity index (χ0v) is 13.4. The first kappa shape index (κ1) is 14.4. The Morgan fingerprint density at radius 3 is 2.14 bits per heavy atom. The summed E-state index contributed by atoms with van der Waals surface area (Å²) in [7, 11) is 7.88. The smallest absolute Gasteiger partial charge is 0.250 e. The number of benzene rings is 2. The van der Waals surface area contributed by atoms with Gasteiger partial charge in [0.2, 0.25) is 5.69 Å². The summed E-state index contributed by atoms with van der Waals surface area (Å²) in [6.07, 6.45) is 0.717. The van der Waals surface area contributed by atoms with Crippen LogP contribution >= 0.6 is 0 Å². The van der Waals surface area contributed by atoms with Crippen LogP contribution in [0.2, 0.25) is 0 Å². The van der Waals surface area contributed by atoms with E-state index in [0.29, 0.717) is 12.1 Å². The van der Waals surface area contributed by atoms with E-state index in [2.05, 4.69) is 17.2 Å². The molecule has 0 saturated heterocycles. The molecule has 1 aliphatic rings. The van der Waals surface area contributed by atoms with Gasteiger partial charge in [-0.2, -0.15) is 0 Å². The lowest BCUT2D eigenvalue weighted by atomic mass is 10.0. The predicted octanol–water partition coefficient (Wildman–Crippen LogP) is 3.65. The second-order valence-electron chi connectivity index (χ2n) is 5.96. The van der Waals surface area contributed by atoms with Gasteiger partial charge in [0.1, 0.15) is 5.69 Å². The van der Waals surface area contributed by atoms with Crippen molar-refractivity contribution in [1.82, 2.24) is 0 Å². The molecule has 0 aliphatic carbocycles. The lowest BCUT2D eigenvalue weighted by molar-refractivity contribution is -0.435. The third-order valence-corrected chi connectivity index (χ3v) is 3.96. The van der Waals surface area contributed by atoms with Crippen LogP contribution in [0.3, 0.4) is 0 Å². The number of anilines is 2. The van der Waals surface area contributed by atoms with Gasteiger partial charge >= 0.3 is 0 Å². The van der Waals surface area contributed by atoms with Crippen molar-refractivity contribution in [2.75, 3.05) is 38.0 Å². The van der Waals surface area contributed by atoms with Crippen LogP contribution in [-0.2, 0) is 6.42 Å². The fourth-order valence-electron chi connectivity index (χ4n) is 2.59. The van der Waals surface area contributed by atoms with Crippen molar-refractivity contribution in [2.24, 2.45) is 5.11 Å². The molecule has 5 heteroatoms. The maximum Gasteiger partial charge on any atom is 0.250 e. The summed E-state index contributed by atoms with van der Waals surface area (Å²) in [5, 5.41) is 16.7. The molecule has 0 bridgehead atoms. The molecule has 0 saturated carbocycles. The predicted molar refractivity (Wildman–Crippen MR) is 89.7 cm³/mol. The van der Waals surface area contributed by atoms with Crippen LogP contribution < -0.4 is 9.80 Å². The number of azo groups is 1. The first-order valence-corrected chi connectivity index (χ1v) is 7.25. The van der Waals surface area contributed by atoms with Crippen LogP contribution in [0, 0.1) is 5.21 Å². The van der Waals surface area contributed by atoms with Gasteiger partial charge in [-0.25, -0.2) is 0 Å². The van der Waals surface area contributed by atoms with Gasteiger partial charge in [-0.15, -0.1) is 0 Å². The summed E-state index contributed by atoms with van der Waals surface area (Å²) in [5.41, 5.74) is 5.46. The third kappa shape index (κ3) is 2.50. The first-order chi connectivity index (χ1) is 10.5. The van der Waals surface area contributed by atoms with Gasteiger partial charge in [0.25, 0.3) is 0 Å². The quantitative estimate of drug-likeness (QED) is 0.627. The lowest BCUT2D eigenvalue weighted by Crippen LogP contribution is -2.09. The van der Waals surface area contributed by atoms with E-state index in [9.17, 15) is 5.21 Å². The van der Waals surface area contributed by atoms with Gasteiger partial charge in [-0.1, -0.05) is 6.07 Å². The van der Waals surface area contributed by atoms with Gasteiger partial charge in [0, 0.05) is 62.7 Å². The van der Waals surface area contributed by atoms with Gasteiger partial charge in [0.05, 0.1) is 0 Å². The largest absolute Gasteiger partial charge is 0.594 e. The van der Waals surface area contributed by atoms with Crippen LogP contribution in [0.1, 0.15) is 11.1 Å². The van der Waals surface area contributed by atoms with E-state index in [1.54, 1.807) is 0 Å². The van der Waals surface area contributed by atoms with Crippen molar-refractivity contribution in [3.8, 4) is 0 Å². The summed E-state index contributed by atoms with van der Waals surface area (Å²) in [6, 6.07) is 12.0. The average molecular weight is 296 g/mol. The van der Waals surface area contributed by atoms with Crippen LogP contribution in [0.25, 0.3) is 0 Å². The Labute approximate surface area is 130 Å². The molecular weight excluding hydrogens is 276 g/mol. The fourth-order valence-corrected chi connectivity index (χ4v) is 2.59. The maximum absolute atomic E-state index is 12.4. The highest BCUT2D eigenvalue weighted by Crippen LogP contribution is 2.35. The van der Waals surface area contributed by atoms with Crippen molar-refractivity contribution in [3.05, 3.63) is 52.7 Å². The molecule has 1 heterocycles. The van der Waals surface area contributed by atoms with E-state index >= 15 is 0 Å². The SMILES string of the molecule is CN(C)c1ccc2c(c1)N=[N+]([O-])c1cc(N(C)C)ccc1C2. The molecule has 3 rings (SSSR count). The number of rotatable bonds is 2. The number of hydrogen-bond donors (Lipinski definition) is 0. The van der Waals surface area contributed by atoms with E-state index in [0.717, 1.165) is 33.0 Å². The molecule has 0 atom stereocenters. The molecule has 1 aliphatic heterocycles. The molecule has 0 amide bonds. The van der Waals surface area contributed by atoms with E-state index in [4.69, 9.17) is 0 Å². The van der Waals surface area contributed by atoms with Crippen molar-refractivity contribution >= 4 is 22.7 Å². The molecular formula is C17H20N4O. The van der Waals surface area contributed by atoms with E-state index in [1.165, 1.54) is 0 Å². The first-order valence-electron chi connectivity index (χ1n) is 7.25. The van der Waals surface area contributed by atoms with Crippen LogP contribution in [0.15, 0.2) is 41.5 Å². The molecule has 5 nitrogen and oxygen atoms in total. The van der Waals surface area contributed by atoms with Gasteiger partial charge in [0.15, 0.2) is 0 Å². The molecule has 0 unspecified atom stereocenters. The highest BCUT2D eigenvalue weighted by molar-refractivity contribution is 5.63. The van der Waals surface area contributed by atoms with E-state index in [1.807, 2.05) is 62.3 Å². The highest BCUT2D eigenvalue weighted by Gasteiger charge is 2.21. The minimum absolute atomic E-state index is 0.619. The lowest BCUT2D eigenvalue weighted by Gasteiger charge is -2.14. The van der Waals surface area contributed by atoms with Gasteiger partial charge in [-0.05, 0) is 34.7 Å². The Kier molecular flexibility index (Phi) is 3.48. The molecule has 22 heavy (non-hydrogen) atoms. The topological polar surface area (TPSA) is 44.9 Å². The second kappa shape index (κ2) is 5.33. The van der Waals surface area contributed by atoms with E-state index in [-0.39, 0.29) is 0 Å². The van der Waals surface area contributed by atoms with Crippen molar-refractivity contribution in [1.29, 1.82) is 0 Å². The molecule has 2 aromatic carbocycles. The summed E-state index contributed by atoms with van der Waals surface area (Å²) in [6.45, 7) is 0. The summed E-state index contributed by atoms with van der Waals surface area (Å²) in [4.78, 5) is 4.73. The Hall–Kier alpha value is -2.56. The van der Waals surface area contributed by atoms with Crippen LogP contribution in [0.4, 0.5) is 22.7 Å². The third-order valence-electron chi connectivity index (χ3n) is 3.96. The zero-order chi connectivity index (χ0) is 15.9. The van der Waals surface area contributed by atoms with Gasteiger partial charge in [-0.3, -0.25) is 0 Å². The minimum Gasteiger partial charge on any atom is -0.594 e. The normalized spacial score (nSPS) is 12.8. The standard InChI is InChI=1S/C17H20N4O/c1-19(2)14-7-5-12-9-13-6-8-15(20(3)4)11-17(13)21(22)18-16(12)10-14/h5-8,10-11H,9H2,1-4H3. The summed E-state index contributed by atoms with van der Waals surface area (Å²) < 4.78 is 0. The minimum atomic E-state index is 0.619. The molecule has 0 fully saturated rings. The average Bonchev–Trinajstić information content (AvgIpc) is 2.61. The number of fused-ring (bicyclic) bond motifs is 2. The Morgan fingerprint density at radius 1 is 0.909 bits per heavy atom. The molecule has 0 radical (unpaired) electrons. The van der Waals surface area contributed by atoms with E-state index < -0.39 is 0 Å². The Balaban J connectivity index is 2.12. The summed E-state index contributed by atoms with van der Waals surface area (Å²) >= 11 is 0.